The molecule has 1 unspecified atom stereocenters. The highest BCUT2D eigenvalue weighted by Gasteiger charge is 2.05. The molecule has 0 fully saturated rings. The Morgan fingerprint density at radius 3 is 2.56 bits per heavy atom. The van der Waals surface area contributed by atoms with Crippen LogP contribution in [-0.2, 0) is 6.54 Å². The maximum atomic E-state index is 5.99. The zero-order valence-electron chi connectivity index (χ0n) is 10.2. The Balaban J connectivity index is 1.96. The van der Waals surface area contributed by atoms with Crippen LogP contribution in [-0.4, -0.2) is 0 Å². The minimum atomic E-state index is 0.294. The fourth-order valence-corrected chi connectivity index (χ4v) is 2.33. The highest BCUT2D eigenvalue weighted by Crippen LogP contribution is 2.18. The van der Waals surface area contributed by atoms with Crippen molar-refractivity contribution < 1.29 is 0 Å². The van der Waals surface area contributed by atoms with Crippen molar-refractivity contribution in [2.24, 2.45) is 0 Å². The van der Waals surface area contributed by atoms with Crippen molar-refractivity contribution in [1.82, 2.24) is 5.32 Å². The van der Waals surface area contributed by atoms with Crippen LogP contribution in [0.5, 0.6) is 0 Å². The van der Waals surface area contributed by atoms with Crippen LogP contribution in [0, 0.1) is 3.57 Å². The first-order valence-corrected chi connectivity index (χ1v) is 7.34. The Hall–Kier alpha value is -0.580. The molecule has 0 aliphatic carbocycles. The van der Waals surface area contributed by atoms with Gasteiger partial charge in [0.15, 0.2) is 0 Å². The Morgan fingerprint density at radius 1 is 1.17 bits per heavy atom. The van der Waals surface area contributed by atoms with Crippen LogP contribution in [0.1, 0.15) is 24.1 Å². The Bertz CT molecular complexity index is 510. The van der Waals surface area contributed by atoms with Crippen molar-refractivity contribution in [3.8, 4) is 0 Å². The van der Waals surface area contributed by atoms with E-state index in [1.165, 1.54) is 14.7 Å². The fourth-order valence-electron chi connectivity index (χ4n) is 1.77. The van der Waals surface area contributed by atoms with Crippen LogP contribution in [0.15, 0.2) is 48.5 Å². The molecule has 0 radical (unpaired) electrons. The summed E-state index contributed by atoms with van der Waals surface area (Å²) in [6.45, 7) is 3.02. The molecule has 1 atom stereocenters. The molecule has 2 rings (SSSR count). The monoisotopic (exact) mass is 371 g/mol. The van der Waals surface area contributed by atoms with E-state index >= 15 is 0 Å². The summed E-state index contributed by atoms with van der Waals surface area (Å²) >= 11 is 8.31. The third-order valence-electron chi connectivity index (χ3n) is 2.87. The number of halogens is 2. The number of benzene rings is 2. The van der Waals surface area contributed by atoms with Gasteiger partial charge in [-0.2, -0.15) is 0 Å². The topological polar surface area (TPSA) is 12.0 Å². The second kappa shape index (κ2) is 6.55. The van der Waals surface area contributed by atoms with E-state index in [0.29, 0.717) is 6.04 Å². The predicted molar refractivity (Wildman–Crippen MR) is 85.9 cm³/mol. The van der Waals surface area contributed by atoms with Gasteiger partial charge in [-0.05, 0) is 64.9 Å². The lowest BCUT2D eigenvalue weighted by molar-refractivity contribution is 0.575. The molecule has 94 valence electrons. The first-order chi connectivity index (χ1) is 8.65. The lowest BCUT2D eigenvalue weighted by Crippen LogP contribution is -2.17. The summed E-state index contributed by atoms with van der Waals surface area (Å²) < 4.78 is 1.26. The molecule has 0 saturated carbocycles. The van der Waals surface area contributed by atoms with Crippen LogP contribution in [0.4, 0.5) is 0 Å². The maximum Gasteiger partial charge on any atom is 0.0409 e. The lowest BCUT2D eigenvalue weighted by Gasteiger charge is -2.14. The van der Waals surface area contributed by atoms with Crippen LogP contribution < -0.4 is 5.32 Å². The van der Waals surface area contributed by atoms with Gasteiger partial charge in [-0.15, -0.1) is 0 Å². The quantitative estimate of drug-likeness (QED) is 0.762. The molecule has 0 aliphatic rings. The molecular weight excluding hydrogens is 357 g/mol. The van der Waals surface area contributed by atoms with Gasteiger partial charge >= 0.3 is 0 Å². The molecule has 0 saturated heterocycles. The summed E-state index contributed by atoms with van der Waals surface area (Å²) in [5, 5.41) is 4.29. The largest absolute Gasteiger partial charge is 0.306 e. The second-order valence-corrected chi connectivity index (χ2v) is 5.97. The average Bonchev–Trinajstić information content (AvgIpc) is 2.38. The summed E-state index contributed by atoms with van der Waals surface area (Å²) in [6, 6.07) is 16.8. The first kappa shape index (κ1) is 13.8. The summed E-state index contributed by atoms with van der Waals surface area (Å²) in [4.78, 5) is 0. The molecule has 2 aromatic carbocycles. The van der Waals surface area contributed by atoms with E-state index in [0.717, 1.165) is 11.6 Å². The molecule has 0 amide bonds. The van der Waals surface area contributed by atoms with Gasteiger partial charge in [-0.1, -0.05) is 35.9 Å². The van der Waals surface area contributed by atoms with Gasteiger partial charge in [0.25, 0.3) is 0 Å². The average molecular weight is 372 g/mol. The Morgan fingerprint density at radius 2 is 1.89 bits per heavy atom. The van der Waals surface area contributed by atoms with E-state index in [1.807, 2.05) is 18.2 Å². The minimum absolute atomic E-state index is 0.294. The van der Waals surface area contributed by atoms with E-state index in [9.17, 15) is 0 Å². The molecule has 0 spiro atoms. The van der Waals surface area contributed by atoms with Gasteiger partial charge in [-0.25, -0.2) is 0 Å². The summed E-state index contributed by atoms with van der Waals surface area (Å²) in [7, 11) is 0. The van der Waals surface area contributed by atoms with Gasteiger partial charge in [0.1, 0.15) is 0 Å². The molecule has 1 nitrogen and oxygen atoms in total. The number of rotatable bonds is 4. The summed E-state index contributed by atoms with van der Waals surface area (Å²) in [5.41, 5.74) is 2.51. The van der Waals surface area contributed by atoms with Crippen LogP contribution in [0.3, 0.4) is 0 Å². The smallest absolute Gasteiger partial charge is 0.0409 e. The van der Waals surface area contributed by atoms with Crippen molar-refractivity contribution in [2.75, 3.05) is 0 Å². The zero-order chi connectivity index (χ0) is 13.0. The predicted octanol–water partition coefficient (Wildman–Crippen LogP) is 4.80. The molecule has 1 N–H and O–H groups in total. The van der Waals surface area contributed by atoms with Gasteiger partial charge < -0.3 is 5.32 Å². The van der Waals surface area contributed by atoms with Crippen molar-refractivity contribution in [3.05, 3.63) is 68.3 Å². The number of nitrogens with one attached hydrogen (secondary N) is 1. The van der Waals surface area contributed by atoms with Gasteiger partial charge in [-0.3, -0.25) is 0 Å². The lowest BCUT2D eigenvalue weighted by atomic mass is 10.1. The van der Waals surface area contributed by atoms with E-state index in [-0.39, 0.29) is 0 Å². The highest BCUT2D eigenvalue weighted by atomic mass is 127. The molecule has 0 bridgehead atoms. The van der Waals surface area contributed by atoms with Crippen molar-refractivity contribution in [2.45, 2.75) is 19.5 Å². The SMILES string of the molecule is CC(NCc1ccc(I)cc1)c1cccc(Cl)c1. The Kier molecular flexibility index (Phi) is 5.03. The molecular formula is C15H15ClIN. The van der Waals surface area contributed by atoms with Crippen molar-refractivity contribution >= 4 is 34.2 Å². The summed E-state index contributed by atoms with van der Waals surface area (Å²) in [6.07, 6.45) is 0. The molecule has 2 aromatic rings. The van der Waals surface area contributed by atoms with E-state index in [1.54, 1.807) is 0 Å². The summed E-state index contributed by atoms with van der Waals surface area (Å²) in [5.74, 6) is 0. The highest BCUT2D eigenvalue weighted by molar-refractivity contribution is 14.1. The van der Waals surface area contributed by atoms with Gasteiger partial charge in [0.05, 0.1) is 0 Å². The molecule has 0 aliphatic heterocycles. The standard InChI is InChI=1S/C15H15ClIN/c1-11(13-3-2-4-14(16)9-13)18-10-12-5-7-15(17)8-6-12/h2-9,11,18H,10H2,1H3. The normalized spacial score (nSPS) is 12.4. The van der Waals surface area contributed by atoms with Gasteiger partial charge in [0, 0.05) is 21.2 Å². The Labute approximate surface area is 127 Å². The molecule has 18 heavy (non-hydrogen) atoms. The molecule has 0 heterocycles. The second-order valence-electron chi connectivity index (χ2n) is 4.28. The van der Waals surface area contributed by atoms with Crippen LogP contribution >= 0.6 is 34.2 Å². The van der Waals surface area contributed by atoms with Gasteiger partial charge in [0.2, 0.25) is 0 Å². The maximum absolute atomic E-state index is 5.99. The van der Waals surface area contributed by atoms with Crippen LogP contribution in [0.25, 0.3) is 0 Å². The van der Waals surface area contributed by atoms with E-state index in [4.69, 9.17) is 11.6 Å². The number of hydrogen-bond acceptors (Lipinski definition) is 1. The van der Waals surface area contributed by atoms with E-state index < -0.39 is 0 Å². The molecule has 3 heteroatoms. The van der Waals surface area contributed by atoms with Crippen molar-refractivity contribution in [1.29, 1.82) is 0 Å². The third kappa shape index (κ3) is 3.97. The first-order valence-electron chi connectivity index (χ1n) is 5.88. The zero-order valence-corrected chi connectivity index (χ0v) is 13.1. The molecule has 0 aromatic heterocycles. The van der Waals surface area contributed by atoms with E-state index in [2.05, 4.69) is 65.2 Å². The van der Waals surface area contributed by atoms with Crippen molar-refractivity contribution in [3.63, 3.8) is 0 Å². The number of hydrogen-bond donors (Lipinski definition) is 1. The fraction of sp³-hybridized carbons (Fsp3) is 0.200. The van der Waals surface area contributed by atoms with Crippen LogP contribution in [0.2, 0.25) is 5.02 Å². The third-order valence-corrected chi connectivity index (χ3v) is 3.83. The minimum Gasteiger partial charge on any atom is -0.306 e.